The first-order chi connectivity index (χ1) is 41.1. The van der Waals surface area contributed by atoms with Crippen LogP contribution in [0.5, 0.6) is 0 Å². The molecule has 0 aliphatic rings. The average molecular weight is 1110 g/mol. The molecule has 15 aromatic rings. The van der Waals surface area contributed by atoms with Crippen molar-refractivity contribution in [2.75, 3.05) is 6.66 Å². The molecule has 0 radical (unpaired) electrons. The Hall–Kier alpha value is -9.42. The van der Waals surface area contributed by atoms with Gasteiger partial charge in [-0.25, -0.2) is 0 Å². The molecule has 0 aromatic heterocycles. The molecule has 0 N–H and O–H groups in total. The molecular weight excluding hydrogens is 1050 g/mol. The Kier molecular flexibility index (Phi) is 12.5. The van der Waals surface area contributed by atoms with Crippen molar-refractivity contribution in [2.24, 2.45) is 0 Å². The van der Waals surface area contributed by atoms with Crippen LogP contribution < -0.4 is 21.2 Å². The summed E-state index contributed by atoms with van der Waals surface area (Å²) in [6.45, 7) is 6.07. The molecular formula is C80H58O2P2. The Morgan fingerprint density at radius 1 is 0.250 bits per heavy atom. The smallest absolute Gasteiger partial charge is 0.145 e. The Morgan fingerprint density at radius 2 is 0.607 bits per heavy atom. The van der Waals surface area contributed by atoms with E-state index in [1.807, 2.05) is 43.1 Å². The highest BCUT2D eigenvalue weighted by Crippen LogP contribution is 2.51. The molecule has 15 aromatic carbocycles. The molecule has 4 heteroatoms. The normalized spacial score (nSPS) is 13.3. The minimum absolute atomic E-state index is 0.0583. The van der Waals surface area contributed by atoms with Crippen LogP contribution in [-0.4, -0.2) is 12.3 Å². The van der Waals surface area contributed by atoms with Crippen LogP contribution in [-0.2, 0) is 9.13 Å². The van der Waals surface area contributed by atoms with Crippen LogP contribution >= 0.6 is 14.3 Å². The monoisotopic (exact) mass is 1110 g/mol. The van der Waals surface area contributed by atoms with Crippen molar-refractivity contribution in [3.63, 3.8) is 0 Å². The molecule has 0 bridgehead atoms. The lowest BCUT2D eigenvalue weighted by Crippen LogP contribution is -2.22. The van der Waals surface area contributed by atoms with Gasteiger partial charge in [-0.1, -0.05) is 269 Å². The van der Waals surface area contributed by atoms with Crippen LogP contribution in [0, 0.1) is 0 Å². The molecule has 0 saturated carbocycles. The van der Waals surface area contributed by atoms with Gasteiger partial charge >= 0.3 is 0 Å². The molecule has 2 unspecified atom stereocenters. The second kappa shape index (κ2) is 20.5. The molecule has 84 heavy (non-hydrogen) atoms. The Labute approximate surface area is 490 Å². The standard InChI is InChI=1S/C80H58O2P2/c1-52(2)84(82,63-25-5-4-6-26-63)66-28-18-24-60(51-66)78-71-31-11-15-35-75(71)80(76-36-16-12-32-72(76)78)62-43-40-55-46-58(41-39-56(55)48-62)67-37-19-22-57-49-65(44-45-68(57)67)83(3,81)64-27-17-23-59(50-64)77-69-29-9-13-33-73(69)79(74-34-14-10-30-70(74)77)61-42-38-53-20-7-8-21-54(53)47-61/h4-52H,1-3H3. The lowest BCUT2D eigenvalue weighted by Gasteiger charge is -2.24. The topological polar surface area (TPSA) is 34.1 Å². The zero-order valence-electron chi connectivity index (χ0n) is 47.0. The summed E-state index contributed by atoms with van der Waals surface area (Å²) in [4.78, 5) is 0. The third-order valence-electron chi connectivity index (χ3n) is 17.7. The van der Waals surface area contributed by atoms with Gasteiger partial charge in [-0.2, -0.15) is 0 Å². The number of rotatable bonds is 10. The van der Waals surface area contributed by atoms with Crippen LogP contribution in [0.2, 0.25) is 0 Å². The predicted octanol–water partition coefficient (Wildman–Crippen LogP) is 20.8. The van der Waals surface area contributed by atoms with E-state index in [0.29, 0.717) is 0 Å². The maximum Gasteiger partial charge on any atom is 0.145 e. The second-order valence-electron chi connectivity index (χ2n) is 22.8. The van der Waals surface area contributed by atoms with E-state index in [4.69, 9.17) is 0 Å². The van der Waals surface area contributed by atoms with Crippen molar-refractivity contribution >= 4 is 111 Å². The fourth-order valence-electron chi connectivity index (χ4n) is 13.5. The molecule has 0 aliphatic heterocycles. The predicted molar refractivity (Wildman–Crippen MR) is 364 cm³/mol. The molecule has 0 saturated heterocycles. The summed E-state index contributed by atoms with van der Waals surface area (Å²) in [6.07, 6.45) is 0. The van der Waals surface area contributed by atoms with Gasteiger partial charge < -0.3 is 9.13 Å². The third kappa shape index (κ3) is 8.47. The van der Waals surface area contributed by atoms with Crippen LogP contribution in [0.1, 0.15) is 13.8 Å². The minimum atomic E-state index is -3.08. The molecule has 15 rings (SSSR count). The summed E-state index contributed by atoms with van der Waals surface area (Å²) in [7, 11) is -6.03. The Bertz CT molecular complexity index is 5150. The van der Waals surface area contributed by atoms with Crippen molar-refractivity contribution in [1.29, 1.82) is 0 Å². The number of hydrogen-bond donors (Lipinski definition) is 0. The van der Waals surface area contributed by atoms with Crippen molar-refractivity contribution in [1.82, 2.24) is 0 Å². The van der Waals surface area contributed by atoms with Gasteiger partial charge in [-0.15, -0.1) is 0 Å². The zero-order valence-corrected chi connectivity index (χ0v) is 48.8. The number of hydrogen-bond acceptors (Lipinski definition) is 2. The molecule has 2 nitrogen and oxygen atoms in total. The fraction of sp³-hybridized carbons (Fsp3) is 0.0500. The summed E-state index contributed by atoms with van der Waals surface area (Å²) < 4.78 is 30.6. The molecule has 0 aliphatic carbocycles. The quantitative estimate of drug-likeness (QED) is 0.101. The molecule has 0 heterocycles. The van der Waals surface area contributed by atoms with E-state index in [0.717, 1.165) is 92.5 Å². The highest BCUT2D eigenvalue weighted by Gasteiger charge is 2.32. The first kappa shape index (κ1) is 51.5. The minimum Gasteiger partial charge on any atom is -0.314 e. The number of benzene rings is 15. The van der Waals surface area contributed by atoms with Gasteiger partial charge in [-0.3, -0.25) is 0 Å². The van der Waals surface area contributed by atoms with Crippen molar-refractivity contribution in [3.05, 3.63) is 291 Å². The van der Waals surface area contributed by atoms with E-state index in [1.165, 1.54) is 59.8 Å². The first-order valence-corrected chi connectivity index (χ1v) is 32.9. The van der Waals surface area contributed by atoms with Crippen molar-refractivity contribution < 1.29 is 9.13 Å². The van der Waals surface area contributed by atoms with Crippen LogP contribution in [0.25, 0.3) is 131 Å². The highest BCUT2D eigenvalue weighted by atomic mass is 31.2. The Balaban J connectivity index is 0.770. The van der Waals surface area contributed by atoms with Gasteiger partial charge in [0, 0.05) is 26.9 Å². The molecule has 2 atom stereocenters. The van der Waals surface area contributed by atoms with Crippen molar-refractivity contribution in [2.45, 2.75) is 19.5 Å². The van der Waals surface area contributed by atoms with Crippen LogP contribution in [0.15, 0.2) is 291 Å². The summed E-state index contributed by atoms with van der Waals surface area (Å²) in [6, 6.07) is 104. The summed E-state index contributed by atoms with van der Waals surface area (Å²) >= 11 is 0. The molecule has 0 spiro atoms. The summed E-state index contributed by atoms with van der Waals surface area (Å²) in [5, 5.41) is 19.7. The summed E-state index contributed by atoms with van der Waals surface area (Å²) in [5.74, 6) is 0. The third-order valence-corrected chi connectivity index (χ3v) is 23.8. The van der Waals surface area contributed by atoms with Crippen LogP contribution in [0.4, 0.5) is 0 Å². The Morgan fingerprint density at radius 3 is 1.12 bits per heavy atom. The van der Waals surface area contributed by atoms with Gasteiger partial charge in [-0.05, 0) is 174 Å². The van der Waals surface area contributed by atoms with Gasteiger partial charge in [0.05, 0.1) is 0 Å². The average Bonchev–Trinajstić information content (AvgIpc) is 1.19. The van der Waals surface area contributed by atoms with Gasteiger partial charge in [0.25, 0.3) is 0 Å². The van der Waals surface area contributed by atoms with Crippen molar-refractivity contribution in [3.8, 4) is 55.6 Å². The van der Waals surface area contributed by atoms with E-state index >= 15 is 9.13 Å². The molecule has 0 fully saturated rings. The van der Waals surface area contributed by atoms with E-state index in [-0.39, 0.29) is 5.66 Å². The van der Waals surface area contributed by atoms with Gasteiger partial charge in [0.2, 0.25) is 0 Å². The van der Waals surface area contributed by atoms with Gasteiger partial charge in [0.15, 0.2) is 0 Å². The second-order valence-corrected chi connectivity index (χ2v) is 29.1. The lowest BCUT2D eigenvalue weighted by atomic mass is 9.85. The SMILES string of the molecule is CC(C)P(=O)(c1ccccc1)c1cccc(-c2c3ccccc3c(-c3ccc4cc(-c5cccc6cc(P(C)(=O)c7cccc(-c8c9ccccc9c(-c9ccc%10ccccc%10c9)c9ccccc89)c7)ccc56)ccc4c3)c3ccccc23)c1. The van der Waals surface area contributed by atoms with E-state index < -0.39 is 14.3 Å². The summed E-state index contributed by atoms with van der Waals surface area (Å²) in [5.41, 5.74) is 11.4. The number of fused-ring (bicyclic) bond motifs is 7. The lowest BCUT2D eigenvalue weighted by molar-refractivity contribution is 0.581. The first-order valence-electron chi connectivity index (χ1n) is 29.0. The van der Waals surface area contributed by atoms with E-state index in [2.05, 4.69) is 269 Å². The van der Waals surface area contributed by atoms with E-state index in [9.17, 15) is 0 Å². The molecule has 0 amide bonds. The van der Waals surface area contributed by atoms with E-state index in [1.54, 1.807) is 0 Å². The maximum absolute atomic E-state index is 15.5. The largest absolute Gasteiger partial charge is 0.314 e. The van der Waals surface area contributed by atoms with Gasteiger partial charge in [0.1, 0.15) is 14.3 Å². The fourth-order valence-corrected chi connectivity index (χ4v) is 18.1. The molecule has 400 valence electrons. The maximum atomic E-state index is 15.5. The zero-order chi connectivity index (χ0) is 56.7. The van der Waals surface area contributed by atoms with Crippen LogP contribution in [0.3, 0.4) is 0 Å². The highest BCUT2D eigenvalue weighted by molar-refractivity contribution is 7.79.